The largest absolute Gasteiger partial charge is 0.397 e. The van der Waals surface area contributed by atoms with Crippen molar-refractivity contribution >= 4 is 27.3 Å². The number of nitrogens with zero attached hydrogens (tertiary/aromatic N) is 1. The van der Waals surface area contributed by atoms with Crippen LogP contribution in [0.25, 0.3) is 0 Å². The summed E-state index contributed by atoms with van der Waals surface area (Å²) in [6.07, 6.45) is 0. The lowest BCUT2D eigenvalue weighted by Crippen LogP contribution is -2.00. The molecule has 0 aliphatic carbocycles. The van der Waals surface area contributed by atoms with Crippen LogP contribution in [-0.4, -0.2) is 4.92 Å². The highest BCUT2D eigenvalue weighted by Gasteiger charge is 2.18. The smallest absolute Gasteiger partial charge is 0.277 e. The van der Waals surface area contributed by atoms with Gasteiger partial charge in [0.1, 0.15) is 0 Å². The highest BCUT2D eigenvalue weighted by Crippen LogP contribution is 2.33. The molecule has 0 amide bonds. The molecule has 0 radical (unpaired) electrons. The van der Waals surface area contributed by atoms with Crippen molar-refractivity contribution in [3.63, 3.8) is 0 Å². The fourth-order valence-corrected chi connectivity index (χ4v) is 1.86. The Hall–Kier alpha value is -1.10. The summed E-state index contributed by atoms with van der Waals surface area (Å²) < 4.78 is 0.702. The van der Waals surface area contributed by atoms with Crippen LogP contribution in [0.1, 0.15) is 11.1 Å². The van der Waals surface area contributed by atoms with Gasteiger partial charge < -0.3 is 5.73 Å². The number of aryl methyl sites for hydroxylation is 1. The van der Waals surface area contributed by atoms with E-state index in [4.69, 9.17) is 5.73 Å². The Balaban J connectivity index is 3.53. The maximum atomic E-state index is 10.6. The molecule has 70 valence electrons. The van der Waals surface area contributed by atoms with Gasteiger partial charge in [0, 0.05) is 10.0 Å². The first-order chi connectivity index (χ1) is 5.95. The van der Waals surface area contributed by atoms with Crippen molar-refractivity contribution in [2.24, 2.45) is 0 Å². The summed E-state index contributed by atoms with van der Waals surface area (Å²) in [6.45, 7) is 3.33. The number of anilines is 1. The average molecular weight is 245 g/mol. The summed E-state index contributed by atoms with van der Waals surface area (Å²) in [7, 11) is 0. The van der Waals surface area contributed by atoms with Gasteiger partial charge in [0.05, 0.1) is 16.2 Å². The number of hydrogen-bond acceptors (Lipinski definition) is 3. The topological polar surface area (TPSA) is 69.2 Å². The standard InChI is InChI=1S/C8H9BrN2O2/c1-4-3-6(9)7(10)5(2)8(4)11(12)13/h3H,10H2,1-2H3. The zero-order valence-corrected chi connectivity index (χ0v) is 8.88. The molecule has 13 heavy (non-hydrogen) atoms. The molecule has 0 unspecified atom stereocenters. The van der Waals surface area contributed by atoms with E-state index in [1.165, 1.54) is 0 Å². The Kier molecular flexibility index (Phi) is 2.56. The van der Waals surface area contributed by atoms with Crippen LogP contribution < -0.4 is 5.73 Å². The van der Waals surface area contributed by atoms with Gasteiger partial charge in [0.2, 0.25) is 0 Å². The van der Waals surface area contributed by atoms with E-state index in [2.05, 4.69) is 15.9 Å². The lowest BCUT2D eigenvalue weighted by Gasteiger charge is -2.06. The van der Waals surface area contributed by atoms with E-state index in [9.17, 15) is 10.1 Å². The minimum absolute atomic E-state index is 0.0979. The zero-order valence-electron chi connectivity index (χ0n) is 7.30. The van der Waals surface area contributed by atoms with Crippen molar-refractivity contribution in [3.8, 4) is 0 Å². The number of nitrogens with two attached hydrogens (primary N) is 1. The second-order valence-electron chi connectivity index (χ2n) is 2.82. The molecule has 0 atom stereocenters. The maximum absolute atomic E-state index is 10.6. The summed E-state index contributed by atoms with van der Waals surface area (Å²) in [4.78, 5) is 10.2. The molecule has 0 spiro atoms. The number of hydrogen-bond donors (Lipinski definition) is 1. The minimum atomic E-state index is -0.409. The Bertz CT molecular complexity index is 377. The van der Waals surface area contributed by atoms with Crippen molar-refractivity contribution in [2.45, 2.75) is 13.8 Å². The fraction of sp³-hybridized carbons (Fsp3) is 0.250. The molecular weight excluding hydrogens is 236 g/mol. The molecule has 4 nitrogen and oxygen atoms in total. The quantitative estimate of drug-likeness (QED) is 0.469. The number of halogens is 1. The van der Waals surface area contributed by atoms with Crippen molar-refractivity contribution in [1.82, 2.24) is 0 Å². The molecule has 0 bridgehead atoms. The third kappa shape index (κ3) is 1.65. The number of benzene rings is 1. The van der Waals surface area contributed by atoms with Crippen LogP contribution >= 0.6 is 15.9 Å². The molecule has 0 saturated carbocycles. The normalized spacial score (nSPS) is 10.1. The molecule has 0 heterocycles. The number of nitrogen functional groups attached to an aromatic ring is 1. The van der Waals surface area contributed by atoms with Crippen LogP contribution in [0.4, 0.5) is 11.4 Å². The zero-order chi connectivity index (χ0) is 10.2. The summed E-state index contributed by atoms with van der Waals surface area (Å²) in [6, 6.07) is 1.65. The molecule has 2 N–H and O–H groups in total. The van der Waals surface area contributed by atoms with Crippen LogP contribution in [-0.2, 0) is 0 Å². The van der Waals surface area contributed by atoms with Gasteiger partial charge in [-0.3, -0.25) is 10.1 Å². The lowest BCUT2D eigenvalue weighted by atomic mass is 10.1. The lowest BCUT2D eigenvalue weighted by molar-refractivity contribution is -0.386. The molecular formula is C8H9BrN2O2. The number of nitro groups is 1. The van der Waals surface area contributed by atoms with E-state index in [1.54, 1.807) is 19.9 Å². The number of rotatable bonds is 1. The molecule has 1 aromatic rings. The minimum Gasteiger partial charge on any atom is -0.397 e. The molecule has 5 heteroatoms. The van der Waals surface area contributed by atoms with E-state index < -0.39 is 4.92 Å². The third-order valence-corrected chi connectivity index (χ3v) is 2.57. The van der Waals surface area contributed by atoms with Gasteiger partial charge in [-0.05, 0) is 35.8 Å². The average Bonchev–Trinajstić information content (AvgIpc) is 1.99. The molecule has 0 fully saturated rings. The highest BCUT2D eigenvalue weighted by molar-refractivity contribution is 9.10. The van der Waals surface area contributed by atoms with Gasteiger partial charge >= 0.3 is 0 Å². The first-order valence-electron chi connectivity index (χ1n) is 3.64. The van der Waals surface area contributed by atoms with Gasteiger partial charge in [0.25, 0.3) is 5.69 Å². The van der Waals surface area contributed by atoms with E-state index in [-0.39, 0.29) is 5.69 Å². The summed E-state index contributed by atoms with van der Waals surface area (Å²) in [5.41, 5.74) is 7.29. The van der Waals surface area contributed by atoms with E-state index >= 15 is 0 Å². The van der Waals surface area contributed by atoms with E-state index in [1.807, 2.05) is 0 Å². The van der Waals surface area contributed by atoms with Crippen LogP contribution in [0, 0.1) is 24.0 Å². The monoisotopic (exact) mass is 244 g/mol. The maximum Gasteiger partial charge on any atom is 0.277 e. The molecule has 0 aliphatic rings. The second kappa shape index (κ2) is 3.33. The van der Waals surface area contributed by atoms with Gasteiger partial charge in [-0.15, -0.1) is 0 Å². The van der Waals surface area contributed by atoms with E-state index in [0.717, 1.165) is 0 Å². The predicted octanol–water partition coefficient (Wildman–Crippen LogP) is 2.56. The first-order valence-corrected chi connectivity index (χ1v) is 4.44. The van der Waals surface area contributed by atoms with Gasteiger partial charge in [0.15, 0.2) is 0 Å². The molecule has 1 aromatic carbocycles. The second-order valence-corrected chi connectivity index (χ2v) is 3.67. The Labute approximate surface area is 84.0 Å². The molecule has 1 rings (SSSR count). The van der Waals surface area contributed by atoms with Gasteiger partial charge in [-0.1, -0.05) is 0 Å². The molecule has 0 saturated heterocycles. The summed E-state index contributed by atoms with van der Waals surface area (Å²) in [5, 5.41) is 10.6. The van der Waals surface area contributed by atoms with Crippen LogP contribution in [0.3, 0.4) is 0 Å². The Morgan fingerprint density at radius 3 is 2.54 bits per heavy atom. The summed E-state index contributed by atoms with van der Waals surface area (Å²) >= 11 is 3.23. The summed E-state index contributed by atoms with van der Waals surface area (Å²) in [5.74, 6) is 0. The van der Waals surface area contributed by atoms with Crippen LogP contribution in [0.2, 0.25) is 0 Å². The van der Waals surface area contributed by atoms with Crippen LogP contribution in [0.15, 0.2) is 10.5 Å². The SMILES string of the molecule is Cc1cc(Br)c(N)c(C)c1[N+](=O)[O-]. The van der Waals surface area contributed by atoms with Crippen molar-refractivity contribution in [1.29, 1.82) is 0 Å². The van der Waals surface area contributed by atoms with Crippen molar-refractivity contribution in [3.05, 3.63) is 31.8 Å². The van der Waals surface area contributed by atoms with Gasteiger partial charge in [-0.2, -0.15) is 0 Å². The third-order valence-electron chi connectivity index (χ3n) is 1.92. The fourth-order valence-electron chi connectivity index (χ4n) is 1.22. The predicted molar refractivity (Wildman–Crippen MR) is 54.7 cm³/mol. The van der Waals surface area contributed by atoms with E-state index in [0.29, 0.717) is 21.3 Å². The van der Waals surface area contributed by atoms with Crippen molar-refractivity contribution in [2.75, 3.05) is 5.73 Å². The Morgan fingerprint density at radius 1 is 1.54 bits per heavy atom. The van der Waals surface area contributed by atoms with Crippen LogP contribution in [0.5, 0.6) is 0 Å². The Morgan fingerprint density at radius 2 is 2.08 bits per heavy atom. The first kappa shape index (κ1) is 9.98. The molecule has 0 aliphatic heterocycles. The van der Waals surface area contributed by atoms with Crippen molar-refractivity contribution < 1.29 is 4.92 Å². The molecule has 0 aromatic heterocycles. The number of nitro benzene ring substituents is 1. The highest BCUT2D eigenvalue weighted by atomic mass is 79.9. The van der Waals surface area contributed by atoms with Gasteiger partial charge in [-0.25, -0.2) is 0 Å².